The van der Waals surface area contributed by atoms with E-state index in [4.69, 9.17) is 7.85 Å². The first-order chi connectivity index (χ1) is 15.7. The Hall–Kier alpha value is -3.98. The largest absolute Gasteiger partial charge is 0.352 e. The number of rotatable bonds is 4. The van der Waals surface area contributed by atoms with Gasteiger partial charge >= 0.3 is 0 Å². The lowest BCUT2D eigenvalue weighted by Gasteiger charge is -2.24. The molecule has 0 fully saturated rings. The van der Waals surface area contributed by atoms with Crippen LogP contribution in [0.3, 0.4) is 0 Å². The van der Waals surface area contributed by atoms with Crippen molar-refractivity contribution in [3.05, 3.63) is 114 Å². The van der Waals surface area contributed by atoms with Crippen molar-refractivity contribution in [1.82, 2.24) is 0 Å². The molecule has 0 unspecified atom stereocenters. The van der Waals surface area contributed by atoms with Crippen LogP contribution in [0.25, 0.3) is 22.4 Å². The molecule has 2 radical (unpaired) electrons. The van der Waals surface area contributed by atoms with Crippen LogP contribution in [-0.4, -0.2) is 7.85 Å². The molecule has 4 aromatic carbocycles. The Morgan fingerprint density at radius 3 is 2.34 bits per heavy atom. The Balaban J connectivity index is 1.65. The van der Waals surface area contributed by atoms with Crippen LogP contribution in [-0.2, 0) is 0 Å². The van der Waals surface area contributed by atoms with Gasteiger partial charge in [-0.15, -0.1) is 0 Å². The summed E-state index contributed by atoms with van der Waals surface area (Å²) in [7, 11) is 6.66. The van der Waals surface area contributed by atoms with Gasteiger partial charge in [0.25, 0.3) is 0 Å². The van der Waals surface area contributed by atoms with E-state index >= 15 is 0 Å². The molecular weight excluding hydrogens is 387 g/mol. The zero-order valence-electron chi connectivity index (χ0n) is 18.0. The molecule has 1 aliphatic rings. The van der Waals surface area contributed by atoms with E-state index in [1.807, 2.05) is 43.3 Å². The number of para-hydroxylation sites is 3. The lowest BCUT2D eigenvalue weighted by molar-refractivity contribution is 1.44. The van der Waals surface area contributed by atoms with Crippen molar-refractivity contribution >= 4 is 58.5 Å². The summed E-state index contributed by atoms with van der Waals surface area (Å²) in [4.78, 5) is 0. The van der Waals surface area contributed by atoms with Crippen molar-refractivity contribution in [2.24, 2.45) is 0 Å². The van der Waals surface area contributed by atoms with Gasteiger partial charge in [0.1, 0.15) is 7.85 Å². The van der Waals surface area contributed by atoms with E-state index in [1.165, 1.54) is 0 Å². The molecule has 152 valence electrons. The maximum absolute atomic E-state index is 6.66. The third kappa shape index (κ3) is 3.74. The number of anilines is 4. The van der Waals surface area contributed by atoms with Gasteiger partial charge < -0.3 is 10.6 Å². The van der Waals surface area contributed by atoms with Gasteiger partial charge in [0.15, 0.2) is 0 Å². The van der Waals surface area contributed by atoms with Crippen molar-refractivity contribution in [2.45, 2.75) is 6.92 Å². The molecular formula is C29H23BN2. The van der Waals surface area contributed by atoms with Crippen LogP contribution >= 0.6 is 0 Å². The first kappa shape index (κ1) is 20.0. The van der Waals surface area contributed by atoms with E-state index in [-0.39, 0.29) is 0 Å². The minimum atomic E-state index is 0.792. The summed E-state index contributed by atoms with van der Waals surface area (Å²) in [6.45, 7) is 2.01. The van der Waals surface area contributed by atoms with E-state index < -0.39 is 0 Å². The van der Waals surface area contributed by atoms with Crippen LogP contribution < -0.4 is 16.1 Å². The Morgan fingerprint density at radius 2 is 1.50 bits per heavy atom. The molecule has 0 saturated heterocycles. The predicted molar refractivity (Wildman–Crippen MR) is 141 cm³/mol. The summed E-state index contributed by atoms with van der Waals surface area (Å²) in [6.07, 6.45) is 10.4. The second-order valence-electron chi connectivity index (χ2n) is 7.80. The highest BCUT2D eigenvalue weighted by Gasteiger charge is 2.16. The first-order valence-electron chi connectivity index (χ1n) is 10.8. The molecule has 3 heteroatoms. The molecule has 5 rings (SSSR count). The fourth-order valence-electron chi connectivity index (χ4n) is 4.12. The lowest BCUT2D eigenvalue weighted by Crippen LogP contribution is -2.11. The third-order valence-electron chi connectivity index (χ3n) is 5.72. The van der Waals surface area contributed by atoms with Gasteiger partial charge in [-0.25, -0.2) is 0 Å². The molecule has 1 heterocycles. The minimum absolute atomic E-state index is 0.792. The van der Waals surface area contributed by atoms with Gasteiger partial charge in [-0.3, -0.25) is 0 Å². The second-order valence-corrected chi connectivity index (χ2v) is 7.80. The van der Waals surface area contributed by atoms with Gasteiger partial charge in [-0.05, 0) is 53.1 Å². The van der Waals surface area contributed by atoms with E-state index in [9.17, 15) is 0 Å². The Kier molecular flexibility index (Phi) is 5.39. The van der Waals surface area contributed by atoms with E-state index in [0.717, 1.165) is 55.7 Å². The highest BCUT2D eigenvalue weighted by atomic mass is 15.0. The van der Waals surface area contributed by atoms with Crippen LogP contribution in [0, 0.1) is 0 Å². The molecule has 0 saturated carbocycles. The van der Waals surface area contributed by atoms with Crippen molar-refractivity contribution in [2.75, 3.05) is 10.6 Å². The number of allylic oxidation sites excluding steroid dienone is 5. The quantitative estimate of drug-likeness (QED) is 0.187. The molecule has 4 aromatic rings. The molecule has 0 aliphatic carbocycles. The van der Waals surface area contributed by atoms with E-state index in [2.05, 4.69) is 83.5 Å². The average Bonchev–Trinajstić information content (AvgIpc) is 2.83. The van der Waals surface area contributed by atoms with Gasteiger partial charge in [0.2, 0.25) is 0 Å². The number of hydrogen-bond donors (Lipinski definition) is 2. The van der Waals surface area contributed by atoms with Gasteiger partial charge in [-0.2, -0.15) is 0 Å². The van der Waals surface area contributed by atoms with Crippen LogP contribution in [0.15, 0.2) is 103 Å². The minimum Gasteiger partial charge on any atom is -0.352 e. The molecule has 1 aliphatic heterocycles. The SMILES string of the molecule is [B]c1c(C(/C=C\C=C/C)=C\c2cccc3c2Nc2ccccc2N3)ccc2ccccc12. The zero-order valence-corrected chi connectivity index (χ0v) is 18.0. The molecule has 32 heavy (non-hydrogen) atoms. The molecule has 0 bridgehead atoms. The van der Waals surface area contributed by atoms with Gasteiger partial charge in [0.05, 0.1) is 22.7 Å². The second kappa shape index (κ2) is 8.64. The standard InChI is InChI=1S/C29H23BN2/c1-2-3-4-11-21(24-18-17-20-10-5-6-13-23(20)28(24)30)19-22-12-9-16-27-29(22)32-26-15-8-7-14-25(26)31-27/h2-19,31-32H,1H3/b3-2-,11-4-,21-19-. The van der Waals surface area contributed by atoms with Crippen LogP contribution in [0.1, 0.15) is 18.1 Å². The predicted octanol–water partition coefficient (Wildman–Crippen LogP) is 7.11. The number of nitrogens with one attached hydrogen (secondary N) is 2. The lowest BCUT2D eigenvalue weighted by atomic mass is 9.82. The summed E-state index contributed by atoms with van der Waals surface area (Å²) >= 11 is 0. The summed E-state index contributed by atoms with van der Waals surface area (Å²) in [5, 5.41) is 9.35. The Labute approximate surface area is 190 Å². The van der Waals surface area contributed by atoms with Crippen molar-refractivity contribution in [1.29, 1.82) is 0 Å². The van der Waals surface area contributed by atoms with Gasteiger partial charge in [-0.1, -0.05) is 90.4 Å². The van der Waals surface area contributed by atoms with Crippen molar-refractivity contribution < 1.29 is 0 Å². The summed E-state index contributed by atoms with van der Waals surface area (Å²) in [6, 6.07) is 27.0. The van der Waals surface area contributed by atoms with Crippen LogP contribution in [0.4, 0.5) is 22.7 Å². The average molecular weight is 410 g/mol. The third-order valence-corrected chi connectivity index (χ3v) is 5.72. The molecule has 2 nitrogen and oxygen atoms in total. The van der Waals surface area contributed by atoms with Crippen molar-refractivity contribution in [3.63, 3.8) is 0 Å². The number of fused-ring (bicyclic) bond motifs is 3. The number of hydrogen-bond acceptors (Lipinski definition) is 2. The van der Waals surface area contributed by atoms with Crippen molar-refractivity contribution in [3.8, 4) is 0 Å². The zero-order chi connectivity index (χ0) is 21.9. The fraction of sp³-hybridized carbons (Fsp3) is 0.0345. The molecule has 0 aromatic heterocycles. The fourth-order valence-corrected chi connectivity index (χ4v) is 4.12. The molecule has 0 spiro atoms. The summed E-state index contributed by atoms with van der Waals surface area (Å²) in [5.41, 5.74) is 8.22. The summed E-state index contributed by atoms with van der Waals surface area (Å²) < 4.78 is 0. The highest BCUT2D eigenvalue weighted by Crippen LogP contribution is 2.41. The molecule has 2 N–H and O–H groups in total. The topological polar surface area (TPSA) is 24.1 Å². The van der Waals surface area contributed by atoms with Crippen LogP contribution in [0.5, 0.6) is 0 Å². The normalized spacial score (nSPS) is 13.1. The summed E-state index contributed by atoms with van der Waals surface area (Å²) in [5.74, 6) is 0. The Bertz CT molecular complexity index is 1400. The smallest absolute Gasteiger partial charge is 0.115 e. The molecule has 0 amide bonds. The number of benzene rings is 4. The van der Waals surface area contributed by atoms with E-state index in [0.29, 0.717) is 0 Å². The monoisotopic (exact) mass is 410 g/mol. The van der Waals surface area contributed by atoms with Gasteiger partial charge in [0, 0.05) is 5.56 Å². The first-order valence-corrected chi connectivity index (χ1v) is 10.8. The van der Waals surface area contributed by atoms with Crippen LogP contribution in [0.2, 0.25) is 0 Å². The van der Waals surface area contributed by atoms with E-state index in [1.54, 1.807) is 0 Å². The molecule has 0 atom stereocenters. The maximum atomic E-state index is 6.66. The highest BCUT2D eigenvalue weighted by molar-refractivity contribution is 6.41. The Morgan fingerprint density at radius 1 is 0.750 bits per heavy atom. The maximum Gasteiger partial charge on any atom is 0.115 e.